The Kier molecular flexibility index (Phi) is 5.41. The van der Waals surface area contributed by atoms with Gasteiger partial charge in [0, 0.05) is 18.7 Å². The minimum Gasteiger partial charge on any atom is -0.493 e. The largest absolute Gasteiger partial charge is 0.493 e. The first-order valence-electron chi connectivity index (χ1n) is 9.86. The molecule has 1 saturated heterocycles. The molecule has 6 nitrogen and oxygen atoms in total. The van der Waals surface area contributed by atoms with E-state index in [-0.39, 0.29) is 23.8 Å². The van der Waals surface area contributed by atoms with E-state index in [0.29, 0.717) is 48.6 Å². The van der Waals surface area contributed by atoms with Crippen molar-refractivity contribution in [1.82, 2.24) is 4.90 Å². The van der Waals surface area contributed by atoms with Gasteiger partial charge in [-0.15, -0.1) is 0 Å². The molecular formula is C23H24N2O4. The van der Waals surface area contributed by atoms with Crippen molar-refractivity contribution in [2.24, 2.45) is 11.8 Å². The summed E-state index contributed by atoms with van der Waals surface area (Å²) in [5.41, 5.74) is 1.01. The molecule has 4 rings (SSSR count). The van der Waals surface area contributed by atoms with Crippen LogP contribution >= 0.6 is 0 Å². The normalized spacial score (nSPS) is 25.8. The number of hydrogen-bond acceptors (Lipinski definition) is 5. The van der Waals surface area contributed by atoms with Gasteiger partial charge in [-0.1, -0.05) is 18.2 Å². The van der Waals surface area contributed by atoms with Crippen molar-refractivity contribution >= 4 is 5.91 Å². The van der Waals surface area contributed by atoms with E-state index in [9.17, 15) is 9.90 Å². The molecule has 1 amide bonds. The number of hydrogen-bond donors (Lipinski definition) is 1. The van der Waals surface area contributed by atoms with Crippen molar-refractivity contribution in [2.45, 2.75) is 25.0 Å². The number of likely N-dealkylation sites (tertiary alicyclic amines) is 1. The minimum atomic E-state index is -0.585. The Morgan fingerprint density at radius 2 is 1.83 bits per heavy atom. The lowest BCUT2D eigenvalue weighted by atomic mass is 9.78. The van der Waals surface area contributed by atoms with E-state index in [1.54, 1.807) is 31.4 Å². The molecule has 1 N–H and O–H groups in total. The first-order chi connectivity index (χ1) is 14.1. The molecule has 0 aromatic heterocycles. The average molecular weight is 392 g/mol. The van der Waals surface area contributed by atoms with Gasteiger partial charge in [-0.3, -0.25) is 4.79 Å². The Labute approximate surface area is 170 Å². The summed E-state index contributed by atoms with van der Waals surface area (Å²) in [5.74, 6) is 1.74. The molecule has 1 aliphatic heterocycles. The molecule has 2 aliphatic rings. The summed E-state index contributed by atoms with van der Waals surface area (Å²) in [6.07, 6.45) is 0.376. The van der Waals surface area contributed by atoms with E-state index in [2.05, 4.69) is 6.07 Å². The number of methoxy groups -OCH3 is 1. The zero-order chi connectivity index (χ0) is 20.4. The summed E-state index contributed by atoms with van der Waals surface area (Å²) in [7, 11) is 1.59. The van der Waals surface area contributed by atoms with E-state index in [1.807, 2.05) is 29.2 Å². The molecule has 2 aromatic carbocycles. The molecular weight excluding hydrogens is 368 g/mol. The number of fused-ring (bicyclic) bond motifs is 1. The monoisotopic (exact) mass is 392 g/mol. The van der Waals surface area contributed by atoms with Gasteiger partial charge in [-0.2, -0.15) is 5.26 Å². The Morgan fingerprint density at radius 3 is 2.55 bits per heavy atom. The maximum atomic E-state index is 12.9. The number of aliphatic hydroxyl groups excluding tert-OH is 1. The van der Waals surface area contributed by atoms with E-state index < -0.39 is 6.10 Å². The van der Waals surface area contributed by atoms with E-state index >= 15 is 0 Å². The van der Waals surface area contributed by atoms with Crippen LogP contribution in [0.1, 0.15) is 28.8 Å². The fourth-order valence-corrected chi connectivity index (χ4v) is 4.47. The number of carbonyl (C=O) groups is 1. The highest BCUT2D eigenvalue weighted by Gasteiger charge is 2.44. The van der Waals surface area contributed by atoms with E-state index in [0.717, 1.165) is 0 Å². The van der Waals surface area contributed by atoms with E-state index in [4.69, 9.17) is 14.7 Å². The average Bonchev–Trinajstić information content (AvgIpc) is 3.16. The van der Waals surface area contributed by atoms with Crippen LogP contribution in [0.4, 0.5) is 0 Å². The van der Waals surface area contributed by atoms with Gasteiger partial charge in [0.25, 0.3) is 5.91 Å². The zero-order valence-electron chi connectivity index (χ0n) is 16.3. The minimum absolute atomic E-state index is 0.0619. The van der Waals surface area contributed by atoms with Crippen LogP contribution in [0.2, 0.25) is 0 Å². The van der Waals surface area contributed by atoms with Gasteiger partial charge in [0.05, 0.1) is 24.8 Å². The summed E-state index contributed by atoms with van der Waals surface area (Å²) in [6.45, 7) is 1.26. The highest BCUT2D eigenvalue weighted by atomic mass is 16.5. The Morgan fingerprint density at radius 1 is 1.10 bits per heavy atom. The second kappa shape index (κ2) is 8.14. The van der Waals surface area contributed by atoms with Crippen LogP contribution in [0.25, 0.3) is 0 Å². The predicted octanol–water partition coefficient (Wildman–Crippen LogP) is 2.86. The third-order valence-electron chi connectivity index (χ3n) is 5.96. The Hall–Kier alpha value is -3.04. The smallest absolute Gasteiger partial charge is 0.253 e. The van der Waals surface area contributed by atoms with Crippen LogP contribution in [-0.4, -0.2) is 48.3 Å². The molecule has 0 unspecified atom stereocenters. The number of nitrogens with zero attached hydrogens (tertiary/aromatic N) is 2. The number of carbonyl (C=O) groups excluding carboxylic acids is 1. The number of para-hydroxylation sites is 2. The lowest BCUT2D eigenvalue weighted by Crippen LogP contribution is -2.42. The summed E-state index contributed by atoms with van der Waals surface area (Å²) in [6, 6.07) is 16.3. The van der Waals surface area contributed by atoms with Crippen LogP contribution in [-0.2, 0) is 0 Å². The van der Waals surface area contributed by atoms with Crippen molar-refractivity contribution in [2.75, 3.05) is 20.2 Å². The SMILES string of the molecule is COc1ccccc1O[C@@H]1C[C@@H]2CN(C(=O)c3cccc(C#N)c3)C[C@@H]2C[C@H]1O. The maximum Gasteiger partial charge on any atom is 0.253 e. The van der Waals surface area contributed by atoms with Gasteiger partial charge in [0.15, 0.2) is 11.5 Å². The molecule has 150 valence electrons. The van der Waals surface area contributed by atoms with Gasteiger partial charge in [0.2, 0.25) is 0 Å². The van der Waals surface area contributed by atoms with Crippen LogP contribution in [0.3, 0.4) is 0 Å². The summed E-state index contributed by atoms with van der Waals surface area (Å²) < 4.78 is 11.4. The van der Waals surface area contributed by atoms with Crippen LogP contribution < -0.4 is 9.47 Å². The summed E-state index contributed by atoms with van der Waals surface area (Å²) in [5, 5.41) is 19.7. The molecule has 0 bridgehead atoms. The van der Waals surface area contributed by atoms with Gasteiger partial charge < -0.3 is 19.5 Å². The zero-order valence-corrected chi connectivity index (χ0v) is 16.3. The highest BCUT2D eigenvalue weighted by Crippen LogP contribution is 2.39. The second-order valence-corrected chi connectivity index (χ2v) is 7.77. The topological polar surface area (TPSA) is 82.8 Å². The third-order valence-corrected chi connectivity index (χ3v) is 5.96. The number of aliphatic hydroxyl groups is 1. The fraction of sp³-hybridized carbons (Fsp3) is 0.391. The quantitative estimate of drug-likeness (QED) is 0.865. The number of rotatable bonds is 4. The molecule has 1 heterocycles. The van der Waals surface area contributed by atoms with Gasteiger partial charge in [-0.25, -0.2) is 0 Å². The predicted molar refractivity (Wildman–Crippen MR) is 107 cm³/mol. The first kappa shape index (κ1) is 19.3. The van der Waals surface area contributed by atoms with Crippen molar-refractivity contribution < 1.29 is 19.4 Å². The van der Waals surface area contributed by atoms with Crippen LogP contribution in [0, 0.1) is 23.2 Å². The molecule has 0 radical (unpaired) electrons. The molecule has 2 fully saturated rings. The van der Waals surface area contributed by atoms with Gasteiger partial charge >= 0.3 is 0 Å². The maximum absolute atomic E-state index is 12.9. The number of amides is 1. The highest BCUT2D eigenvalue weighted by molar-refractivity contribution is 5.94. The second-order valence-electron chi connectivity index (χ2n) is 7.77. The third kappa shape index (κ3) is 3.92. The Bertz CT molecular complexity index is 938. The van der Waals surface area contributed by atoms with Gasteiger partial charge in [-0.05, 0) is 55.0 Å². The lowest BCUT2D eigenvalue weighted by molar-refractivity contribution is -0.0240. The van der Waals surface area contributed by atoms with E-state index in [1.165, 1.54) is 0 Å². The van der Waals surface area contributed by atoms with Crippen molar-refractivity contribution in [3.05, 3.63) is 59.7 Å². The van der Waals surface area contributed by atoms with Crippen molar-refractivity contribution in [3.63, 3.8) is 0 Å². The van der Waals surface area contributed by atoms with Crippen LogP contribution in [0.5, 0.6) is 11.5 Å². The molecule has 4 atom stereocenters. The van der Waals surface area contributed by atoms with Gasteiger partial charge in [0.1, 0.15) is 6.10 Å². The molecule has 2 aromatic rings. The number of nitriles is 1. The number of ether oxygens (including phenoxy) is 2. The standard InChI is InChI=1S/C23H24N2O4/c1-28-20-7-2-3-8-21(20)29-22-11-18-14-25(13-17(18)10-19(22)26)23(27)16-6-4-5-15(9-16)12-24/h2-9,17-19,22,26H,10-11,13-14H2,1H3/t17-,18+,19+,22+/m0/s1. The van der Waals surface area contributed by atoms with Crippen LogP contribution in [0.15, 0.2) is 48.5 Å². The molecule has 1 saturated carbocycles. The van der Waals surface area contributed by atoms with Crippen molar-refractivity contribution in [1.29, 1.82) is 5.26 Å². The Balaban J connectivity index is 1.45. The summed E-state index contributed by atoms with van der Waals surface area (Å²) >= 11 is 0. The molecule has 1 aliphatic carbocycles. The number of benzene rings is 2. The van der Waals surface area contributed by atoms with Crippen molar-refractivity contribution in [3.8, 4) is 17.6 Å². The molecule has 0 spiro atoms. The first-order valence-corrected chi connectivity index (χ1v) is 9.86. The summed E-state index contributed by atoms with van der Waals surface area (Å²) in [4.78, 5) is 14.7. The molecule has 29 heavy (non-hydrogen) atoms. The lowest BCUT2D eigenvalue weighted by Gasteiger charge is -2.35. The fourth-order valence-electron chi connectivity index (χ4n) is 4.47. The molecule has 6 heteroatoms.